The normalized spacial score (nSPS) is 12.4. The SMILES string of the molecule is C#CCNC(CN(C)C)c1ccccc1. The Balaban J connectivity index is 2.68. The highest BCUT2D eigenvalue weighted by Crippen LogP contribution is 2.12. The maximum Gasteiger partial charge on any atom is 0.0578 e. The van der Waals surface area contributed by atoms with Crippen LogP contribution in [0.15, 0.2) is 30.3 Å². The van der Waals surface area contributed by atoms with Crippen molar-refractivity contribution in [3.05, 3.63) is 35.9 Å². The Hall–Kier alpha value is -1.30. The first-order chi connectivity index (χ1) is 7.24. The van der Waals surface area contributed by atoms with Crippen LogP contribution in [0.1, 0.15) is 11.6 Å². The highest BCUT2D eigenvalue weighted by Gasteiger charge is 2.10. The Morgan fingerprint density at radius 2 is 2.00 bits per heavy atom. The van der Waals surface area contributed by atoms with Crippen molar-refractivity contribution >= 4 is 0 Å². The van der Waals surface area contributed by atoms with E-state index < -0.39 is 0 Å². The van der Waals surface area contributed by atoms with Crippen molar-refractivity contribution in [2.45, 2.75) is 6.04 Å². The predicted molar refractivity (Wildman–Crippen MR) is 64.6 cm³/mol. The molecule has 0 aliphatic heterocycles. The van der Waals surface area contributed by atoms with Gasteiger partial charge in [-0.1, -0.05) is 36.3 Å². The topological polar surface area (TPSA) is 15.3 Å². The molecule has 1 N–H and O–H groups in total. The van der Waals surface area contributed by atoms with Crippen LogP contribution in [0.2, 0.25) is 0 Å². The first-order valence-corrected chi connectivity index (χ1v) is 5.10. The Morgan fingerprint density at radius 3 is 2.53 bits per heavy atom. The molecule has 80 valence electrons. The molecule has 0 saturated carbocycles. The van der Waals surface area contributed by atoms with Crippen molar-refractivity contribution in [3.8, 4) is 12.3 Å². The zero-order chi connectivity index (χ0) is 11.1. The molecule has 0 aliphatic carbocycles. The van der Waals surface area contributed by atoms with Crippen LogP contribution >= 0.6 is 0 Å². The van der Waals surface area contributed by atoms with E-state index in [1.165, 1.54) is 5.56 Å². The van der Waals surface area contributed by atoms with Gasteiger partial charge >= 0.3 is 0 Å². The van der Waals surface area contributed by atoms with Crippen molar-refractivity contribution in [2.75, 3.05) is 27.2 Å². The van der Waals surface area contributed by atoms with Crippen LogP contribution in [0.3, 0.4) is 0 Å². The fourth-order valence-corrected chi connectivity index (χ4v) is 1.52. The van der Waals surface area contributed by atoms with Crippen LogP contribution < -0.4 is 5.32 Å². The molecule has 2 heteroatoms. The minimum absolute atomic E-state index is 0.303. The van der Waals surface area contributed by atoms with Gasteiger partial charge in [0.2, 0.25) is 0 Å². The number of rotatable bonds is 5. The fraction of sp³-hybridized carbons (Fsp3) is 0.385. The first kappa shape index (κ1) is 11.8. The van der Waals surface area contributed by atoms with Gasteiger partial charge in [-0.3, -0.25) is 5.32 Å². The summed E-state index contributed by atoms with van der Waals surface area (Å²) in [5.74, 6) is 2.61. The minimum atomic E-state index is 0.303. The van der Waals surface area contributed by atoms with E-state index in [0.29, 0.717) is 12.6 Å². The van der Waals surface area contributed by atoms with Crippen LogP contribution in [0.4, 0.5) is 0 Å². The monoisotopic (exact) mass is 202 g/mol. The lowest BCUT2D eigenvalue weighted by atomic mass is 10.1. The molecule has 1 aromatic rings. The van der Waals surface area contributed by atoms with Crippen molar-refractivity contribution < 1.29 is 0 Å². The van der Waals surface area contributed by atoms with Crippen LogP contribution in [-0.4, -0.2) is 32.1 Å². The third kappa shape index (κ3) is 4.16. The van der Waals surface area contributed by atoms with E-state index in [9.17, 15) is 0 Å². The van der Waals surface area contributed by atoms with Crippen molar-refractivity contribution in [2.24, 2.45) is 0 Å². The number of benzene rings is 1. The number of likely N-dealkylation sites (N-methyl/N-ethyl adjacent to an activating group) is 1. The standard InChI is InChI=1S/C13H18N2/c1-4-10-14-13(11-15(2)3)12-8-6-5-7-9-12/h1,5-9,13-14H,10-11H2,2-3H3. The Bertz CT molecular complexity index is 311. The lowest BCUT2D eigenvalue weighted by molar-refractivity contribution is 0.348. The summed E-state index contributed by atoms with van der Waals surface area (Å²) >= 11 is 0. The summed E-state index contributed by atoms with van der Waals surface area (Å²) in [6.45, 7) is 1.55. The second-order valence-electron chi connectivity index (χ2n) is 3.81. The van der Waals surface area contributed by atoms with Crippen molar-refractivity contribution in [1.82, 2.24) is 10.2 Å². The van der Waals surface area contributed by atoms with E-state index in [1.54, 1.807) is 0 Å². The van der Waals surface area contributed by atoms with E-state index in [2.05, 4.69) is 54.5 Å². The summed E-state index contributed by atoms with van der Waals surface area (Å²) in [6, 6.07) is 10.7. The molecule has 0 bridgehead atoms. The van der Waals surface area contributed by atoms with E-state index in [0.717, 1.165) is 6.54 Å². The number of nitrogens with zero attached hydrogens (tertiary/aromatic N) is 1. The zero-order valence-electron chi connectivity index (χ0n) is 9.40. The van der Waals surface area contributed by atoms with E-state index in [1.807, 2.05) is 6.07 Å². The molecular formula is C13H18N2. The van der Waals surface area contributed by atoms with Gasteiger partial charge in [0.25, 0.3) is 0 Å². The summed E-state index contributed by atoms with van der Waals surface area (Å²) in [5, 5.41) is 3.34. The highest BCUT2D eigenvalue weighted by molar-refractivity contribution is 5.19. The number of hydrogen-bond acceptors (Lipinski definition) is 2. The summed E-state index contributed by atoms with van der Waals surface area (Å²) in [5.41, 5.74) is 1.28. The third-order valence-electron chi connectivity index (χ3n) is 2.20. The van der Waals surface area contributed by atoms with Gasteiger partial charge < -0.3 is 4.90 Å². The third-order valence-corrected chi connectivity index (χ3v) is 2.20. The van der Waals surface area contributed by atoms with E-state index in [4.69, 9.17) is 6.42 Å². The molecule has 2 nitrogen and oxygen atoms in total. The average Bonchev–Trinajstić information content (AvgIpc) is 2.25. The molecule has 0 fully saturated rings. The van der Waals surface area contributed by atoms with Gasteiger partial charge in [0.1, 0.15) is 0 Å². The minimum Gasteiger partial charge on any atom is -0.308 e. The molecule has 1 rings (SSSR count). The van der Waals surface area contributed by atoms with Crippen molar-refractivity contribution in [3.63, 3.8) is 0 Å². The van der Waals surface area contributed by atoms with Crippen LogP contribution in [-0.2, 0) is 0 Å². The summed E-state index contributed by atoms with van der Waals surface area (Å²) in [7, 11) is 4.13. The maximum atomic E-state index is 5.26. The molecule has 0 radical (unpaired) electrons. The number of terminal acetylenes is 1. The maximum absolute atomic E-state index is 5.26. The molecule has 1 unspecified atom stereocenters. The second kappa shape index (κ2) is 6.23. The second-order valence-corrected chi connectivity index (χ2v) is 3.81. The van der Waals surface area contributed by atoms with Gasteiger partial charge in [0.05, 0.1) is 6.54 Å². The smallest absolute Gasteiger partial charge is 0.0578 e. The largest absolute Gasteiger partial charge is 0.308 e. The molecule has 0 spiro atoms. The number of nitrogens with one attached hydrogen (secondary N) is 1. The Morgan fingerprint density at radius 1 is 1.33 bits per heavy atom. The van der Waals surface area contributed by atoms with Crippen LogP contribution in [0.25, 0.3) is 0 Å². The molecular weight excluding hydrogens is 184 g/mol. The highest BCUT2D eigenvalue weighted by atomic mass is 15.1. The zero-order valence-corrected chi connectivity index (χ0v) is 9.40. The van der Waals surface area contributed by atoms with E-state index in [-0.39, 0.29) is 0 Å². The molecule has 1 aromatic carbocycles. The van der Waals surface area contributed by atoms with Crippen LogP contribution in [0.5, 0.6) is 0 Å². The lowest BCUT2D eigenvalue weighted by Gasteiger charge is -2.21. The van der Waals surface area contributed by atoms with Gasteiger partial charge in [0.15, 0.2) is 0 Å². The van der Waals surface area contributed by atoms with Gasteiger partial charge in [-0.2, -0.15) is 0 Å². The molecule has 0 saturated heterocycles. The van der Waals surface area contributed by atoms with E-state index >= 15 is 0 Å². The molecule has 0 aliphatic rings. The lowest BCUT2D eigenvalue weighted by Crippen LogP contribution is -2.31. The number of hydrogen-bond donors (Lipinski definition) is 1. The van der Waals surface area contributed by atoms with Crippen LogP contribution in [0, 0.1) is 12.3 Å². The molecule has 0 heterocycles. The average molecular weight is 202 g/mol. The molecule has 0 amide bonds. The van der Waals surface area contributed by atoms with Gasteiger partial charge in [-0.15, -0.1) is 6.42 Å². The first-order valence-electron chi connectivity index (χ1n) is 5.10. The summed E-state index contributed by atoms with van der Waals surface area (Å²) in [6.07, 6.45) is 5.26. The summed E-state index contributed by atoms with van der Waals surface area (Å²) < 4.78 is 0. The van der Waals surface area contributed by atoms with Crippen molar-refractivity contribution in [1.29, 1.82) is 0 Å². The quantitative estimate of drug-likeness (QED) is 0.728. The van der Waals surface area contributed by atoms with Gasteiger partial charge in [0, 0.05) is 12.6 Å². The molecule has 0 aromatic heterocycles. The van der Waals surface area contributed by atoms with Gasteiger partial charge in [-0.25, -0.2) is 0 Å². The van der Waals surface area contributed by atoms with Gasteiger partial charge in [-0.05, 0) is 19.7 Å². The summed E-state index contributed by atoms with van der Waals surface area (Å²) in [4.78, 5) is 2.15. The molecule has 15 heavy (non-hydrogen) atoms. The Kier molecular flexibility index (Phi) is 4.89. The fourth-order valence-electron chi connectivity index (χ4n) is 1.52. The Labute approximate surface area is 92.3 Å². The molecule has 1 atom stereocenters. The predicted octanol–water partition coefficient (Wildman–Crippen LogP) is 1.51.